The van der Waals surface area contributed by atoms with E-state index in [1.807, 2.05) is 13.8 Å². The molecule has 0 bridgehead atoms. The molecule has 0 spiro atoms. The van der Waals surface area contributed by atoms with Crippen molar-refractivity contribution in [2.24, 2.45) is 0 Å². The van der Waals surface area contributed by atoms with Crippen molar-refractivity contribution in [3.05, 3.63) is 70.8 Å². The van der Waals surface area contributed by atoms with E-state index in [-0.39, 0.29) is 24.8 Å². The number of benzene rings is 1. The Morgan fingerprint density at radius 1 is 0.973 bits per heavy atom. The van der Waals surface area contributed by atoms with Gasteiger partial charge in [0.25, 0.3) is 5.78 Å². The average molecular weight is 523 g/mol. The zero-order valence-electron chi connectivity index (χ0n) is 19.9. The Morgan fingerprint density at radius 2 is 1.65 bits per heavy atom. The van der Waals surface area contributed by atoms with E-state index in [4.69, 9.17) is 0 Å². The largest absolute Gasteiger partial charge is 0.454 e. The van der Waals surface area contributed by atoms with Crippen LogP contribution in [0.25, 0.3) is 0 Å². The number of ketones is 1. The number of nitrogens with one attached hydrogen (secondary N) is 1. The summed E-state index contributed by atoms with van der Waals surface area (Å²) in [6, 6.07) is 7.07. The second-order valence-corrected chi connectivity index (χ2v) is 8.90. The monoisotopic (exact) mass is 523 g/mol. The maximum atomic E-state index is 13.6. The number of carbonyl (C=O) groups is 1. The molecule has 196 valence electrons. The predicted octanol–water partition coefficient (Wildman–Crippen LogP) is 6.11. The van der Waals surface area contributed by atoms with Crippen LogP contribution in [0.1, 0.15) is 52.8 Å². The van der Waals surface area contributed by atoms with Crippen molar-refractivity contribution in [2.75, 3.05) is 23.3 Å². The van der Waals surface area contributed by atoms with Crippen LogP contribution in [0.2, 0.25) is 0 Å². The van der Waals surface area contributed by atoms with Crippen molar-refractivity contribution in [3.63, 3.8) is 0 Å². The van der Waals surface area contributed by atoms with E-state index in [1.165, 1.54) is 24.4 Å². The lowest BCUT2D eigenvalue weighted by molar-refractivity contribution is -0.137. The molecule has 1 aromatic carbocycles. The summed E-state index contributed by atoms with van der Waals surface area (Å²) < 4.78 is 78.9. The fourth-order valence-electron chi connectivity index (χ4n) is 4.07. The minimum absolute atomic E-state index is 0.0513. The van der Waals surface area contributed by atoms with E-state index in [2.05, 4.69) is 20.3 Å². The van der Waals surface area contributed by atoms with Crippen molar-refractivity contribution >= 4 is 23.1 Å². The summed E-state index contributed by atoms with van der Waals surface area (Å²) in [5.41, 5.74) is 0.471. The van der Waals surface area contributed by atoms with Crippen LogP contribution in [-0.4, -0.2) is 40.0 Å². The molecule has 4 rings (SSSR count). The van der Waals surface area contributed by atoms with Gasteiger partial charge in [0.2, 0.25) is 0 Å². The number of carbonyl (C=O) groups excluding carboxylic acids is 1. The van der Waals surface area contributed by atoms with Crippen molar-refractivity contribution in [1.82, 2.24) is 15.0 Å². The third-order valence-corrected chi connectivity index (χ3v) is 5.94. The normalized spacial score (nSPS) is 14.4. The number of alkyl halides is 6. The van der Waals surface area contributed by atoms with Crippen LogP contribution in [0.5, 0.6) is 0 Å². The molecule has 0 saturated carbocycles. The smallest absolute Gasteiger partial charge is 0.355 e. The zero-order chi connectivity index (χ0) is 27.0. The molecule has 6 nitrogen and oxygen atoms in total. The number of Topliss-reactive ketones (excluding diaryl/α,β-unsaturated/α-hetero) is 1. The Hall–Kier alpha value is -3.70. The number of hydrogen-bond acceptors (Lipinski definition) is 6. The van der Waals surface area contributed by atoms with E-state index >= 15 is 0 Å². The van der Waals surface area contributed by atoms with E-state index in [0.29, 0.717) is 41.4 Å². The van der Waals surface area contributed by atoms with Gasteiger partial charge in [0.15, 0.2) is 0 Å². The Kier molecular flexibility index (Phi) is 7.11. The molecule has 1 aliphatic heterocycles. The second-order valence-electron chi connectivity index (χ2n) is 8.90. The van der Waals surface area contributed by atoms with Gasteiger partial charge < -0.3 is 10.2 Å². The van der Waals surface area contributed by atoms with Gasteiger partial charge in [0.05, 0.1) is 11.3 Å². The van der Waals surface area contributed by atoms with Crippen molar-refractivity contribution in [3.8, 4) is 0 Å². The van der Waals surface area contributed by atoms with Gasteiger partial charge in [-0.25, -0.2) is 15.0 Å². The standard InChI is InChI=1S/C25H23F6N5O/c1-14(2)21-34-19-10-13-36(23-18(24(26,27)28)4-3-11-32-23)12-9-17(19)22(35-21)33-16-7-5-15(6-8-16)20(37)25(29,30)31/h3-8,11,14H,9-10,12-13H2,1-2H3,(H,33,34,35). The van der Waals surface area contributed by atoms with Crippen LogP contribution in [0.4, 0.5) is 43.7 Å². The lowest BCUT2D eigenvalue weighted by atomic mass is 10.1. The van der Waals surface area contributed by atoms with Gasteiger partial charge in [-0.05, 0) is 42.8 Å². The topological polar surface area (TPSA) is 71.0 Å². The van der Waals surface area contributed by atoms with E-state index in [1.54, 1.807) is 4.90 Å². The number of aromatic nitrogens is 3. The SMILES string of the molecule is CC(C)c1nc2c(c(Nc3ccc(C(=O)C(F)(F)F)cc3)n1)CCN(c1ncccc1C(F)(F)F)CC2. The van der Waals surface area contributed by atoms with Crippen molar-refractivity contribution in [2.45, 2.75) is 45.0 Å². The lowest BCUT2D eigenvalue weighted by Gasteiger charge is -2.24. The number of halogens is 6. The summed E-state index contributed by atoms with van der Waals surface area (Å²) in [6.45, 7) is 4.28. The van der Waals surface area contributed by atoms with Gasteiger partial charge in [-0.2, -0.15) is 26.3 Å². The van der Waals surface area contributed by atoms with Gasteiger partial charge in [-0.1, -0.05) is 13.8 Å². The molecule has 3 heterocycles. The molecular formula is C25H23F6N5O. The fraction of sp³-hybridized carbons (Fsp3) is 0.360. The summed E-state index contributed by atoms with van der Waals surface area (Å²) in [5.74, 6) is -1.20. The molecule has 2 aromatic heterocycles. The molecule has 37 heavy (non-hydrogen) atoms. The summed E-state index contributed by atoms with van der Waals surface area (Å²) >= 11 is 0. The van der Waals surface area contributed by atoms with Gasteiger partial charge in [-0.3, -0.25) is 4.79 Å². The van der Waals surface area contributed by atoms with Crippen LogP contribution >= 0.6 is 0 Å². The number of nitrogens with zero attached hydrogens (tertiary/aromatic N) is 4. The third-order valence-electron chi connectivity index (χ3n) is 5.94. The lowest BCUT2D eigenvalue weighted by Crippen LogP contribution is -2.29. The van der Waals surface area contributed by atoms with Crippen molar-refractivity contribution < 1.29 is 31.1 Å². The highest BCUT2D eigenvalue weighted by Gasteiger charge is 2.39. The number of hydrogen-bond donors (Lipinski definition) is 1. The first-order valence-corrected chi connectivity index (χ1v) is 11.5. The predicted molar refractivity (Wildman–Crippen MR) is 125 cm³/mol. The number of rotatable bonds is 5. The van der Waals surface area contributed by atoms with E-state index in [0.717, 1.165) is 18.2 Å². The molecule has 0 fully saturated rings. The minimum atomic E-state index is -4.98. The molecule has 0 radical (unpaired) electrons. The molecule has 3 aromatic rings. The van der Waals surface area contributed by atoms with Crippen LogP contribution in [-0.2, 0) is 19.0 Å². The molecule has 0 atom stereocenters. The zero-order valence-corrected chi connectivity index (χ0v) is 19.9. The Balaban J connectivity index is 1.64. The van der Waals surface area contributed by atoms with E-state index in [9.17, 15) is 31.1 Å². The summed E-state index contributed by atoms with van der Waals surface area (Å²) in [4.78, 5) is 26.3. The molecule has 0 aliphatic carbocycles. The number of fused-ring (bicyclic) bond motifs is 1. The Labute approximate surface area is 208 Å². The van der Waals surface area contributed by atoms with Crippen LogP contribution in [0.15, 0.2) is 42.6 Å². The maximum absolute atomic E-state index is 13.6. The minimum Gasteiger partial charge on any atom is -0.355 e. The van der Waals surface area contributed by atoms with Gasteiger partial charge in [0, 0.05) is 48.4 Å². The molecular weight excluding hydrogens is 500 g/mol. The van der Waals surface area contributed by atoms with Gasteiger partial charge in [0.1, 0.15) is 17.5 Å². The maximum Gasteiger partial charge on any atom is 0.454 e. The summed E-state index contributed by atoms with van der Waals surface area (Å²) in [5, 5.41) is 3.09. The first-order chi connectivity index (χ1) is 17.3. The quantitative estimate of drug-likeness (QED) is 0.322. The van der Waals surface area contributed by atoms with E-state index < -0.39 is 29.3 Å². The van der Waals surface area contributed by atoms with Crippen molar-refractivity contribution in [1.29, 1.82) is 0 Å². The molecule has 1 N–H and O–H groups in total. The molecule has 1 aliphatic rings. The Morgan fingerprint density at radius 3 is 2.27 bits per heavy atom. The highest BCUT2D eigenvalue weighted by Crippen LogP contribution is 2.36. The Bertz CT molecular complexity index is 1290. The van der Waals surface area contributed by atoms with Gasteiger partial charge in [-0.15, -0.1) is 0 Å². The highest BCUT2D eigenvalue weighted by atomic mass is 19.4. The first-order valence-electron chi connectivity index (χ1n) is 11.5. The average Bonchev–Trinajstić information content (AvgIpc) is 3.06. The fourth-order valence-corrected chi connectivity index (χ4v) is 4.07. The second kappa shape index (κ2) is 9.98. The molecule has 0 amide bonds. The van der Waals surface area contributed by atoms with Crippen LogP contribution in [0, 0.1) is 0 Å². The van der Waals surface area contributed by atoms with Crippen LogP contribution < -0.4 is 10.2 Å². The molecule has 0 saturated heterocycles. The van der Waals surface area contributed by atoms with Gasteiger partial charge >= 0.3 is 12.4 Å². The van der Waals surface area contributed by atoms with Crippen LogP contribution in [0.3, 0.4) is 0 Å². The summed E-state index contributed by atoms with van der Waals surface area (Å²) in [6.07, 6.45) is -7.55. The number of pyridine rings is 1. The highest BCUT2D eigenvalue weighted by molar-refractivity contribution is 6.00. The molecule has 0 unspecified atom stereocenters. The third kappa shape index (κ3) is 5.83. The molecule has 12 heteroatoms. The first kappa shape index (κ1) is 26.4. The number of anilines is 3. The summed E-state index contributed by atoms with van der Waals surface area (Å²) in [7, 11) is 0.